The zero-order valence-electron chi connectivity index (χ0n) is 14.0. The Kier molecular flexibility index (Phi) is 2.84. The van der Waals surface area contributed by atoms with E-state index in [1.807, 2.05) is 0 Å². The third-order valence-electron chi connectivity index (χ3n) is 8.00. The van der Waals surface area contributed by atoms with Crippen molar-refractivity contribution in [2.75, 3.05) is 52.9 Å². The third kappa shape index (κ3) is 1.31. The molecule has 7 heteroatoms. The van der Waals surface area contributed by atoms with Gasteiger partial charge in [0.15, 0.2) is 0 Å². The van der Waals surface area contributed by atoms with Crippen LogP contribution in [0.5, 0.6) is 0 Å². The fraction of sp³-hybridized carbons (Fsp3) is 0.889. The summed E-state index contributed by atoms with van der Waals surface area (Å²) in [5.74, 6) is 2.15. The Morgan fingerprint density at radius 1 is 0.520 bits per heavy atom. The first-order chi connectivity index (χ1) is 12.3. The van der Waals surface area contributed by atoms with E-state index in [9.17, 15) is 9.59 Å². The summed E-state index contributed by atoms with van der Waals surface area (Å²) in [6, 6.07) is 0. The zero-order chi connectivity index (χ0) is 16.8. The smallest absolute Gasteiger partial charge is 0.313 e. The molecule has 7 rings (SSSR count). The first kappa shape index (κ1) is 14.9. The van der Waals surface area contributed by atoms with Gasteiger partial charge in [0.25, 0.3) is 0 Å². The number of esters is 2. The number of hydrogen-bond donors (Lipinski definition) is 0. The second-order valence-electron chi connectivity index (χ2n) is 8.13. The molecule has 0 aromatic rings. The maximum absolute atomic E-state index is 12.6. The Hall–Kier alpha value is -1.18. The minimum atomic E-state index is -0.239. The predicted octanol–water partition coefficient (Wildman–Crippen LogP) is -0.126. The van der Waals surface area contributed by atoms with Crippen LogP contribution in [-0.2, 0) is 33.3 Å². The minimum Gasteiger partial charge on any atom is -0.463 e. The maximum atomic E-state index is 12.6. The Morgan fingerprint density at radius 2 is 0.800 bits per heavy atom. The molecule has 1 saturated heterocycles. The molecule has 1 heterocycles. The Bertz CT molecular complexity index is 536. The van der Waals surface area contributed by atoms with Gasteiger partial charge >= 0.3 is 11.9 Å². The lowest BCUT2D eigenvalue weighted by Gasteiger charge is -3.08. The van der Waals surface area contributed by atoms with Crippen LogP contribution in [0, 0.1) is 46.3 Å². The number of rotatable bonds is 0. The van der Waals surface area contributed by atoms with Gasteiger partial charge in [-0.2, -0.15) is 0 Å². The van der Waals surface area contributed by atoms with E-state index >= 15 is 0 Å². The largest absolute Gasteiger partial charge is 0.463 e. The molecule has 7 aliphatic rings. The molecule has 0 N–H and O–H groups in total. The van der Waals surface area contributed by atoms with Gasteiger partial charge in [0.05, 0.1) is 50.5 Å². The molecule has 0 aromatic heterocycles. The maximum Gasteiger partial charge on any atom is 0.313 e. The van der Waals surface area contributed by atoms with E-state index in [1.54, 1.807) is 0 Å². The van der Waals surface area contributed by atoms with Gasteiger partial charge in [-0.3, -0.25) is 9.59 Å². The van der Waals surface area contributed by atoms with Crippen LogP contribution in [0.15, 0.2) is 0 Å². The molecule has 6 aliphatic carbocycles. The summed E-state index contributed by atoms with van der Waals surface area (Å²) in [5, 5.41) is 0. The minimum absolute atomic E-state index is 0.0518. The summed E-state index contributed by atoms with van der Waals surface area (Å²) in [5.41, 5.74) is -0.478. The molecular formula is C18H22O7. The van der Waals surface area contributed by atoms with E-state index < -0.39 is 0 Å². The van der Waals surface area contributed by atoms with Gasteiger partial charge in [-0.1, -0.05) is 0 Å². The van der Waals surface area contributed by atoms with E-state index in [0.29, 0.717) is 88.4 Å². The van der Waals surface area contributed by atoms with Gasteiger partial charge in [-0.15, -0.1) is 0 Å². The summed E-state index contributed by atoms with van der Waals surface area (Å²) >= 11 is 0. The summed E-state index contributed by atoms with van der Waals surface area (Å²) in [7, 11) is 0. The molecule has 7 fully saturated rings. The molecule has 1 aliphatic heterocycles. The average Bonchev–Trinajstić information content (AvgIpc) is 2.64. The van der Waals surface area contributed by atoms with Crippen LogP contribution in [0.2, 0.25) is 0 Å². The molecule has 25 heavy (non-hydrogen) atoms. The van der Waals surface area contributed by atoms with Crippen molar-refractivity contribution in [1.29, 1.82) is 0 Å². The Morgan fingerprint density at radius 3 is 1.12 bits per heavy atom. The number of carbonyl (C=O) groups is 2. The van der Waals surface area contributed by atoms with Crippen molar-refractivity contribution < 1.29 is 33.3 Å². The van der Waals surface area contributed by atoms with Crippen molar-refractivity contribution in [3.05, 3.63) is 0 Å². The first-order valence-corrected chi connectivity index (χ1v) is 9.36. The van der Waals surface area contributed by atoms with Crippen molar-refractivity contribution in [2.24, 2.45) is 46.3 Å². The summed E-state index contributed by atoms with van der Waals surface area (Å²) in [4.78, 5) is 25.2. The molecule has 2 spiro atoms. The van der Waals surface area contributed by atoms with Crippen molar-refractivity contribution in [3.8, 4) is 0 Å². The molecule has 4 bridgehead atoms. The van der Waals surface area contributed by atoms with Crippen LogP contribution in [0.1, 0.15) is 0 Å². The van der Waals surface area contributed by atoms with Gasteiger partial charge in [0, 0.05) is 0 Å². The molecule has 6 saturated carbocycles. The summed E-state index contributed by atoms with van der Waals surface area (Å²) < 4.78 is 27.2. The van der Waals surface area contributed by atoms with Gasteiger partial charge in [0.2, 0.25) is 0 Å². The third-order valence-corrected chi connectivity index (χ3v) is 8.00. The van der Waals surface area contributed by atoms with E-state index in [1.165, 1.54) is 0 Å². The highest BCUT2D eigenvalue weighted by Crippen LogP contribution is 3.10. The highest BCUT2D eigenvalue weighted by atomic mass is 16.6. The SMILES string of the molecule is O=C1OCCOCCOCCOCCOC(=O)C23C4C5C2C2C3C4C152. The average molecular weight is 350 g/mol. The van der Waals surface area contributed by atoms with Crippen molar-refractivity contribution in [1.82, 2.24) is 0 Å². The standard InChI is InChI=1S/C18H22O7/c19-15-17-9-12-10(17)14-11(17)13(9)18(12,14)16(20)25-8-6-23-4-2-21-1-3-22-5-7-24-15/h9-14H,1-8H2. The van der Waals surface area contributed by atoms with Gasteiger partial charge in [-0.25, -0.2) is 0 Å². The molecule has 0 radical (unpaired) electrons. The molecule has 0 aromatic carbocycles. The number of cyclic esters (lactones) is 2. The van der Waals surface area contributed by atoms with E-state index in [-0.39, 0.29) is 22.8 Å². The van der Waals surface area contributed by atoms with Crippen molar-refractivity contribution >= 4 is 11.9 Å². The summed E-state index contributed by atoms with van der Waals surface area (Å²) in [6.07, 6.45) is 0. The molecule has 136 valence electrons. The molecule has 0 unspecified atom stereocenters. The van der Waals surface area contributed by atoms with Crippen LogP contribution in [-0.4, -0.2) is 64.8 Å². The Balaban J connectivity index is 1.14. The lowest BCUT2D eigenvalue weighted by molar-refractivity contribution is -0.628. The quantitative estimate of drug-likeness (QED) is 0.563. The summed E-state index contributed by atoms with van der Waals surface area (Å²) in [6.45, 7) is 3.30. The van der Waals surface area contributed by atoms with Crippen LogP contribution in [0.3, 0.4) is 0 Å². The number of carbonyl (C=O) groups excluding carboxylic acids is 2. The van der Waals surface area contributed by atoms with Gasteiger partial charge in [0.1, 0.15) is 13.2 Å². The monoisotopic (exact) mass is 350 g/mol. The predicted molar refractivity (Wildman–Crippen MR) is 80.2 cm³/mol. The highest BCUT2D eigenvalue weighted by molar-refractivity contribution is 5.96. The molecule has 7 nitrogen and oxygen atoms in total. The normalized spacial score (nSPS) is 56.2. The number of ether oxygens (including phenoxy) is 5. The fourth-order valence-electron chi connectivity index (χ4n) is 7.52. The lowest BCUT2D eigenvalue weighted by atomic mass is 8.92. The van der Waals surface area contributed by atoms with Crippen LogP contribution in [0.25, 0.3) is 0 Å². The van der Waals surface area contributed by atoms with E-state index in [0.717, 1.165) is 0 Å². The van der Waals surface area contributed by atoms with E-state index in [2.05, 4.69) is 0 Å². The second-order valence-corrected chi connectivity index (χ2v) is 8.13. The van der Waals surface area contributed by atoms with Crippen molar-refractivity contribution in [3.63, 3.8) is 0 Å². The van der Waals surface area contributed by atoms with Crippen LogP contribution < -0.4 is 0 Å². The van der Waals surface area contributed by atoms with Gasteiger partial charge < -0.3 is 23.7 Å². The molecule has 0 amide bonds. The second kappa shape index (κ2) is 4.75. The highest BCUT2D eigenvalue weighted by Gasteiger charge is 3.13. The molecule has 0 atom stereocenters. The number of hydrogen-bond acceptors (Lipinski definition) is 7. The van der Waals surface area contributed by atoms with E-state index in [4.69, 9.17) is 23.7 Å². The van der Waals surface area contributed by atoms with Gasteiger partial charge in [-0.05, 0) is 35.5 Å². The van der Waals surface area contributed by atoms with Crippen molar-refractivity contribution in [2.45, 2.75) is 0 Å². The van der Waals surface area contributed by atoms with Crippen LogP contribution >= 0.6 is 0 Å². The van der Waals surface area contributed by atoms with Crippen LogP contribution in [0.4, 0.5) is 0 Å². The topological polar surface area (TPSA) is 80.3 Å². The zero-order valence-corrected chi connectivity index (χ0v) is 14.0. The lowest BCUT2D eigenvalue weighted by Crippen LogP contribution is -3.12. The first-order valence-electron chi connectivity index (χ1n) is 9.36. The molecular weight excluding hydrogens is 328 g/mol. The Labute approximate surface area is 145 Å². The fourth-order valence-corrected chi connectivity index (χ4v) is 7.52.